The topological polar surface area (TPSA) is 55.8 Å². The minimum Gasteiger partial charge on any atom is -0.366 e. The zero-order chi connectivity index (χ0) is 21.8. The van der Waals surface area contributed by atoms with E-state index in [2.05, 4.69) is 26.8 Å². The Balaban J connectivity index is 1.35. The van der Waals surface area contributed by atoms with Crippen molar-refractivity contribution in [1.29, 1.82) is 0 Å². The number of anilines is 2. The molecule has 166 valence electrons. The Hall–Kier alpha value is -2.10. The summed E-state index contributed by atoms with van der Waals surface area (Å²) in [5.74, 6) is 0.930. The van der Waals surface area contributed by atoms with Crippen molar-refractivity contribution < 1.29 is 9.18 Å². The zero-order valence-electron chi connectivity index (χ0n) is 17.5. The van der Waals surface area contributed by atoms with Crippen molar-refractivity contribution >= 4 is 40.8 Å². The van der Waals surface area contributed by atoms with E-state index < -0.39 is 0 Å². The number of likely N-dealkylation sites (N-methyl/N-ethyl adjacent to an activating group) is 1. The lowest BCUT2D eigenvalue weighted by Crippen LogP contribution is -2.47. The molecular weight excluding hydrogens is 439 g/mol. The minimum absolute atomic E-state index is 0.0988. The highest BCUT2D eigenvalue weighted by molar-refractivity contribution is 7.99. The average Bonchev–Trinajstić information content (AvgIpc) is 2.78. The molecule has 2 fully saturated rings. The summed E-state index contributed by atoms with van der Waals surface area (Å²) in [5.41, 5.74) is 0.626. The highest BCUT2D eigenvalue weighted by Crippen LogP contribution is 2.25. The summed E-state index contributed by atoms with van der Waals surface area (Å²) >= 11 is 7.56. The lowest BCUT2D eigenvalue weighted by molar-refractivity contribution is -0.129. The number of rotatable bonds is 5. The first-order valence-electron chi connectivity index (χ1n) is 10.4. The molecular formula is C21H26ClFN6OS. The number of benzene rings is 1. The van der Waals surface area contributed by atoms with E-state index in [1.165, 1.54) is 17.8 Å². The highest BCUT2D eigenvalue weighted by atomic mass is 35.5. The number of halogens is 2. The summed E-state index contributed by atoms with van der Waals surface area (Å²) in [6.07, 6.45) is 0. The molecule has 0 saturated carbocycles. The largest absolute Gasteiger partial charge is 0.366 e. The summed E-state index contributed by atoms with van der Waals surface area (Å²) < 4.78 is 14.1. The van der Waals surface area contributed by atoms with Gasteiger partial charge in [-0.25, -0.2) is 14.4 Å². The van der Waals surface area contributed by atoms with Crippen LogP contribution in [-0.2, 0) is 4.79 Å². The second kappa shape index (κ2) is 10.0. The van der Waals surface area contributed by atoms with Gasteiger partial charge < -0.3 is 19.6 Å². The normalized spacial score (nSPS) is 17.8. The van der Waals surface area contributed by atoms with Gasteiger partial charge in [0.15, 0.2) is 5.16 Å². The van der Waals surface area contributed by atoms with Gasteiger partial charge in [-0.15, -0.1) is 0 Å². The third kappa shape index (κ3) is 5.58. The van der Waals surface area contributed by atoms with Crippen LogP contribution in [0.2, 0.25) is 5.15 Å². The number of amides is 1. The fraction of sp³-hybridized carbons (Fsp3) is 0.476. The minimum atomic E-state index is -0.204. The van der Waals surface area contributed by atoms with Gasteiger partial charge in [-0.05, 0) is 19.2 Å². The maximum absolute atomic E-state index is 14.1. The highest BCUT2D eigenvalue weighted by Gasteiger charge is 2.22. The molecule has 1 amide bonds. The number of thioether (sulfide) groups is 1. The molecule has 0 N–H and O–H groups in total. The van der Waals surface area contributed by atoms with Gasteiger partial charge in [-0.3, -0.25) is 4.79 Å². The Labute approximate surface area is 191 Å². The van der Waals surface area contributed by atoms with Gasteiger partial charge in [0.2, 0.25) is 5.91 Å². The van der Waals surface area contributed by atoms with Gasteiger partial charge in [0, 0.05) is 58.4 Å². The van der Waals surface area contributed by atoms with E-state index in [9.17, 15) is 9.18 Å². The van der Waals surface area contributed by atoms with Crippen molar-refractivity contribution in [3.8, 4) is 0 Å². The lowest BCUT2D eigenvalue weighted by Gasteiger charge is -2.36. The summed E-state index contributed by atoms with van der Waals surface area (Å²) in [7, 11) is 2.06. The van der Waals surface area contributed by atoms with Crippen LogP contribution in [0, 0.1) is 5.82 Å². The van der Waals surface area contributed by atoms with Crippen LogP contribution in [-0.4, -0.2) is 90.8 Å². The van der Waals surface area contributed by atoms with Crippen LogP contribution in [0.4, 0.5) is 15.9 Å². The SMILES string of the molecule is CN1CCN(C(=O)CSc2nc(Cl)cc(N3CCN(c4ccccc4F)CC3)n2)CC1. The van der Waals surface area contributed by atoms with Crippen molar-refractivity contribution in [1.82, 2.24) is 19.8 Å². The van der Waals surface area contributed by atoms with Gasteiger partial charge in [-0.1, -0.05) is 35.5 Å². The molecule has 3 heterocycles. The second-order valence-corrected chi connectivity index (χ2v) is 9.06. The van der Waals surface area contributed by atoms with Crippen LogP contribution in [0.1, 0.15) is 0 Å². The van der Waals surface area contributed by atoms with Crippen LogP contribution in [0.3, 0.4) is 0 Å². The van der Waals surface area contributed by atoms with Gasteiger partial charge >= 0.3 is 0 Å². The Bertz CT molecular complexity index is 918. The van der Waals surface area contributed by atoms with E-state index >= 15 is 0 Å². The number of carbonyl (C=O) groups is 1. The molecule has 1 aromatic heterocycles. The second-order valence-electron chi connectivity index (χ2n) is 7.73. The number of hydrogen-bond acceptors (Lipinski definition) is 7. The monoisotopic (exact) mass is 464 g/mol. The summed E-state index contributed by atoms with van der Waals surface area (Å²) in [4.78, 5) is 29.7. The van der Waals surface area contributed by atoms with E-state index in [0.29, 0.717) is 47.9 Å². The molecule has 2 aliphatic rings. The van der Waals surface area contributed by atoms with E-state index in [-0.39, 0.29) is 11.7 Å². The third-order valence-electron chi connectivity index (χ3n) is 5.64. The fourth-order valence-electron chi connectivity index (χ4n) is 3.77. The molecule has 2 saturated heterocycles. The summed E-state index contributed by atoms with van der Waals surface area (Å²) in [5, 5.41) is 0.859. The smallest absolute Gasteiger partial charge is 0.233 e. The van der Waals surface area contributed by atoms with Crippen molar-refractivity contribution in [2.45, 2.75) is 5.16 Å². The summed E-state index contributed by atoms with van der Waals surface area (Å²) in [6.45, 7) is 6.08. The lowest BCUT2D eigenvalue weighted by atomic mass is 10.2. The van der Waals surface area contributed by atoms with Crippen molar-refractivity contribution in [3.63, 3.8) is 0 Å². The molecule has 31 heavy (non-hydrogen) atoms. The molecule has 1 aromatic carbocycles. The number of hydrogen-bond donors (Lipinski definition) is 0. The number of para-hydroxylation sites is 1. The predicted molar refractivity (Wildman–Crippen MR) is 123 cm³/mol. The fourth-order valence-corrected chi connectivity index (χ4v) is 4.75. The number of carbonyl (C=O) groups excluding carboxylic acids is 1. The molecule has 0 radical (unpaired) electrons. The van der Waals surface area contributed by atoms with E-state index in [1.54, 1.807) is 18.2 Å². The van der Waals surface area contributed by atoms with Crippen molar-refractivity contribution in [2.24, 2.45) is 0 Å². The third-order valence-corrected chi connectivity index (χ3v) is 6.66. The van der Waals surface area contributed by atoms with Crippen LogP contribution < -0.4 is 9.80 Å². The first-order valence-corrected chi connectivity index (χ1v) is 11.7. The molecule has 0 bridgehead atoms. The van der Waals surface area contributed by atoms with E-state index in [4.69, 9.17) is 11.6 Å². The molecule has 4 rings (SSSR count). The molecule has 0 aliphatic carbocycles. The maximum atomic E-state index is 14.1. The first kappa shape index (κ1) is 22.1. The first-order chi connectivity index (χ1) is 15.0. The Morgan fingerprint density at radius 2 is 1.71 bits per heavy atom. The molecule has 0 atom stereocenters. The van der Waals surface area contributed by atoms with Crippen LogP contribution in [0.5, 0.6) is 0 Å². The van der Waals surface area contributed by atoms with E-state index in [0.717, 1.165) is 32.0 Å². The van der Waals surface area contributed by atoms with Crippen LogP contribution in [0.25, 0.3) is 0 Å². The molecule has 7 nitrogen and oxygen atoms in total. The van der Waals surface area contributed by atoms with Crippen molar-refractivity contribution in [3.05, 3.63) is 41.3 Å². The molecule has 10 heteroatoms. The number of nitrogens with zero attached hydrogens (tertiary/aromatic N) is 6. The standard InChI is InChI=1S/C21H26ClFN6OS/c1-26-6-8-29(9-7-26)20(30)15-31-21-24-18(22)14-19(25-21)28-12-10-27(11-13-28)17-5-3-2-4-16(17)23/h2-5,14H,6-13,15H2,1H3. The quantitative estimate of drug-likeness (QED) is 0.382. The van der Waals surface area contributed by atoms with Gasteiger partial charge in [0.25, 0.3) is 0 Å². The van der Waals surface area contributed by atoms with Crippen LogP contribution >= 0.6 is 23.4 Å². The predicted octanol–water partition coefficient (Wildman–Crippen LogP) is 2.46. The Morgan fingerprint density at radius 3 is 2.42 bits per heavy atom. The molecule has 2 aromatic rings. The molecule has 2 aliphatic heterocycles. The van der Waals surface area contributed by atoms with Gasteiger partial charge in [0.1, 0.15) is 16.8 Å². The number of aromatic nitrogens is 2. The van der Waals surface area contributed by atoms with E-state index in [1.807, 2.05) is 15.9 Å². The Morgan fingerprint density at radius 1 is 1.03 bits per heavy atom. The maximum Gasteiger partial charge on any atom is 0.233 e. The Kier molecular flexibility index (Phi) is 7.14. The summed E-state index contributed by atoms with van der Waals surface area (Å²) in [6, 6.07) is 8.58. The molecule has 0 spiro atoms. The van der Waals surface area contributed by atoms with Gasteiger partial charge in [-0.2, -0.15) is 0 Å². The molecule has 0 unspecified atom stereocenters. The van der Waals surface area contributed by atoms with Crippen molar-refractivity contribution in [2.75, 3.05) is 75.0 Å². The average molecular weight is 465 g/mol. The van der Waals surface area contributed by atoms with Crippen LogP contribution in [0.15, 0.2) is 35.5 Å². The zero-order valence-corrected chi connectivity index (χ0v) is 19.1. The van der Waals surface area contributed by atoms with Gasteiger partial charge in [0.05, 0.1) is 11.4 Å². The number of piperazine rings is 2.